The maximum absolute atomic E-state index is 11.3. The molecule has 0 aliphatic rings. The lowest BCUT2D eigenvalue weighted by Gasteiger charge is -2.15. The van der Waals surface area contributed by atoms with Crippen LogP contribution in [0.3, 0.4) is 0 Å². The molecule has 0 heterocycles. The van der Waals surface area contributed by atoms with E-state index >= 15 is 0 Å². The van der Waals surface area contributed by atoms with Crippen LogP contribution < -0.4 is 11.1 Å². The van der Waals surface area contributed by atoms with Gasteiger partial charge in [-0.3, -0.25) is 4.79 Å². The van der Waals surface area contributed by atoms with Crippen molar-refractivity contribution >= 4 is 11.9 Å². The molecule has 0 bridgehead atoms. The predicted octanol–water partition coefficient (Wildman–Crippen LogP) is 7.84. The summed E-state index contributed by atoms with van der Waals surface area (Å²) in [5.74, 6) is 1.13. The molecule has 0 spiro atoms. The van der Waals surface area contributed by atoms with Gasteiger partial charge in [-0.2, -0.15) is 0 Å². The van der Waals surface area contributed by atoms with E-state index in [0.29, 0.717) is 19.6 Å². The fourth-order valence-corrected chi connectivity index (χ4v) is 3.20. The third-order valence-electron chi connectivity index (χ3n) is 6.03. The van der Waals surface area contributed by atoms with Crippen LogP contribution in [0.5, 0.6) is 0 Å². The maximum atomic E-state index is 11.3. The van der Waals surface area contributed by atoms with Crippen LogP contribution in [0.15, 0.2) is 12.7 Å². The summed E-state index contributed by atoms with van der Waals surface area (Å²) in [5.41, 5.74) is 5.52. The minimum absolute atomic E-state index is 0. The van der Waals surface area contributed by atoms with Gasteiger partial charge in [0.2, 0.25) is 0 Å². The number of nitrogens with two attached hydrogens (primary N) is 1. The molecule has 0 fully saturated rings. The van der Waals surface area contributed by atoms with Crippen molar-refractivity contribution in [2.45, 2.75) is 132 Å². The van der Waals surface area contributed by atoms with Gasteiger partial charge in [0, 0.05) is 12.6 Å². The second-order valence-electron chi connectivity index (χ2n) is 9.32. The van der Waals surface area contributed by atoms with Crippen molar-refractivity contribution in [3.8, 4) is 0 Å². The van der Waals surface area contributed by atoms with E-state index in [4.69, 9.17) is 10.5 Å². The molecule has 0 aliphatic heterocycles. The SMILES string of the molecule is C.C=CC(=O)OCCCC.CCCCC(CC)CN.CCCCOC(=O)CCNCC(CC)CCCC. The number of carbonyl (C=O) groups is 2. The molecular formula is C31H66N2O4. The minimum atomic E-state index is -0.330. The number of nitrogens with one attached hydrogen (secondary N) is 1. The summed E-state index contributed by atoms with van der Waals surface area (Å²) in [4.78, 5) is 21.7. The lowest BCUT2D eigenvalue weighted by Crippen LogP contribution is -2.25. The Morgan fingerprint density at radius 2 is 1.30 bits per heavy atom. The van der Waals surface area contributed by atoms with Crippen molar-refractivity contribution < 1.29 is 19.1 Å². The first-order valence-electron chi connectivity index (χ1n) is 14.8. The molecule has 0 aromatic carbocycles. The number of carbonyl (C=O) groups excluding carboxylic acids is 2. The van der Waals surface area contributed by atoms with Crippen LogP contribution in [0, 0.1) is 11.8 Å². The average molecular weight is 531 g/mol. The van der Waals surface area contributed by atoms with E-state index in [2.05, 4.69) is 51.3 Å². The van der Waals surface area contributed by atoms with Gasteiger partial charge in [0.25, 0.3) is 0 Å². The summed E-state index contributed by atoms with van der Waals surface area (Å²) in [6.07, 6.45) is 16.0. The number of esters is 2. The van der Waals surface area contributed by atoms with Gasteiger partial charge in [0.1, 0.15) is 0 Å². The highest BCUT2D eigenvalue weighted by Crippen LogP contribution is 2.11. The summed E-state index contributed by atoms with van der Waals surface area (Å²) in [7, 11) is 0. The zero-order chi connectivity index (χ0) is 27.9. The van der Waals surface area contributed by atoms with Crippen LogP contribution in [0.4, 0.5) is 0 Å². The van der Waals surface area contributed by atoms with E-state index < -0.39 is 0 Å². The Morgan fingerprint density at radius 1 is 0.811 bits per heavy atom. The van der Waals surface area contributed by atoms with Crippen LogP contribution in [-0.2, 0) is 19.1 Å². The first-order valence-corrected chi connectivity index (χ1v) is 14.8. The zero-order valence-corrected chi connectivity index (χ0v) is 24.9. The highest BCUT2D eigenvalue weighted by Gasteiger charge is 2.06. The Bertz CT molecular complexity index is 468. The van der Waals surface area contributed by atoms with E-state index in [1.807, 2.05) is 6.92 Å². The maximum Gasteiger partial charge on any atom is 0.330 e. The fraction of sp³-hybridized carbons (Fsp3) is 0.871. The summed E-state index contributed by atoms with van der Waals surface area (Å²) >= 11 is 0. The molecule has 3 N–H and O–H groups in total. The van der Waals surface area contributed by atoms with Crippen LogP contribution in [0.1, 0.15) is 132 Å². The molecule has 6 heteroatoms. The zero-order valence-electron chi connectivity index (χ0n) is 24.9. The molecule has 0 saturated heterocycles. The Morgan fingerprint density at radius 3 is 1.73 bits per heavy atom. The molecule has 0 aliphatic carbocycles. The van der Waals surface area contributed by atoms with Gasteiger partial charge < -0.3 is 20.5 Å². The average Bonchev–Trinajstić information content (AvgIpc) is 2.90. The minimum Gasteiger partial charge on any atom is -0.466 e. The summed E-state index contributed by atoms with van der Waals surface area (Å²) in [6, 6.07) is 0. The van der Waals surface area contributed by atoms with Crippen LogP contribution >= 0.6 is 0 Å². The van der Waals surface area contributed by atoms with Crippen molar-refractivity contribution in [3.63, 3.8) is 0 Å². The highest BCUT2D eigenvalue weighted by atomic mass is 16.5. The third-order valence-corrected chi connectivity index (χ3v) is 6.03. The molecule has 6 nitrogen and oxygen atoms in total. The number of ether oxygens (including phenoxy) is 2. The Hall–Kier alpha value is -1.40. The lowest BCUT2D eigenvalue weighted by atomic mass is 9.99. The van der Waals surface area contributed by atoms with Crippen molar-refractivity contribution in [2.75, 3.05) is 32.8 Å². The van der Waals surface area contributed by atoms with Crippen molar-refractivity contribution in [1.29, 1.82) is 0 Å². The van der Waals surface area contributed by atoms with E-state index in [-0.39, 0.29) is 19.4 Å². The van der Waals surface area contributed by atoms with Crippen LogP contribution in [-0.4, -0.2) is 44.8 Å². The summed E-state index contributed by atoms with van der Waals surface area (Å²) in [5, 5.41) is 3.37. The molecule has 0 radical (unpaired) electrons. The Labute approximate surface area is 231 Å². The first kappa shape index (κ1) is 42.7. The topological polar surface area (TPSA) is 90.7 Å². The molecule has 0 saturated carbocycles. The third kappa shape index (κ3) is 36.8. The second-order valence-corrected chi connectivity index (χ2v) is 9.32. The van der Waals surface area contributed by atoms with Crippen molar-refractivity contribution in [1.82, 2.24) is 5.32 Å². The highest BCUT2D eigenvalue weighted by molar-refractivity contribution is 5.81. The number of rotatable bonds is 21. The van der Waals surface area contributed by atoms with Gasteiger partial charge in [0.15, 0.2) is 0 Å². The van der Waals surface area contributed by atoms with Gasteiger partial charge in [-0.25, -0.2) is 4.79 Å². The molecule has 37 heavy (non-hydrogen) atoms. The van der Waals surface area contributed by atoms with Crippen molar-refractivity contribution in [3.05, 3.63) is 12.7 Å². The van der Waals surface area contributed by atoms with E-state index in [0.717, 1.165) is 57.2 Å². The predicted molar refractivity (Wildman–Crippen MR) is 162 cm³/mol. The standard InChI is InChI=1S/C15H31NO2.C8H19N.C7H12O2.CH4/c1-4-7-9-14(6-3)13-16-11-10-15(17)18-12-8-5-2;1-3-5-6-8(4-2)7-9;1-3-5-6-9-7(8)4-2;/h14,16H,4-13H2,1-3H3;8H,3-7,9H2,1-2H3;4H,2-3,5-6H2,1H3;1H4. The smallest absolute Gasteiger partial charge is 0.330 e. The van der Waals surface area contributed by atoms with Crippen LogP contribution in [0.25, 0.3) is 0 Å². The van der Waals surface area contributed by atoms with Crippen LogP contribution in [0.2, 0.25) is 0 Å². The second kappa shape index (κ2) is 36.8. The molecule has 0 amide bonds. The van der Waals surface area contributed by atoms with Gasteiger partial charge in [-0.1, -0.05) is 107 Å². The van der Waals surface area contributed by atoms with Crippen molar-refractivity contribution in [2.24, 2.45) is 17.6 Å². The molecule has 0 aromatic rings. The Balaban J connectivity index is -0.000000242. The van der Waals surface area contributed by atoms with E-state index in [9.17, 15) is 9.59 Å². The van der Waals surface area contributed by atoms with Gasteiger partial charge in [0.05, 0.1) is 19.6 Å². The van der Waals surface area contributed by atoms with E-state index in [1.54, 1.807) is 0 Å². The molecule has 2 atom stereocenters. The molecule has 224 valence electrons. The van der Waals surface area contributed by atoms with Gasteiger partial charge in [-0.15, -0.1) is 0 Å². The normalized spacial score (nSPS) is 11.4. The quantitative estimate of drug-likeness (QED) is 0.0892. The summed E-state index contributed by atoms with van der Waals surface area (Å²) < 4.78 is 9.78. The van der Waals surface area contributed by atoms with E-state index in [1.165, 1.54) is 57.4 Å². The number of unbranched alkanes of at least 4 members (excludes halogenated alkanes) is 4. The molecule has 0 rings (SSSR count). The molecule has 0 aromatic heterocycles. The lowest BCUT2D eigenvalue weighted by molar-refractivity contribution is -0.143. The number of hydrogen-bond donors (Lipinski definition) is 2. The fourth-order valence-electron chi connectivity index (χ4n) is 3.20. The largest absolute Gasteiger partial charge is 0.466 e. The summed E-state index contributed by atoms with van der Waals surface area (Å²) in [6.45, 7) is 20.0. The Kier molecular flexibility index (Phi) is 42.4. The monoisotopic (exact) mass is 531 g/mol. The molecular weight excluding hydrogens is 464 g/mol. The number of hydrogen-bond acceptors (Lipinski definition) is 6. The van der Waals surface area contributed by atoms with Gasteiger partial charge in [-0.05, 0) is 50.6 Å². The molecule has 2 unspecified atom stereocenters. The van der Waals surface area contributed by atoms with Gasteiger partial charge >= 0.3 is 11.9 Å². The first-order chi connectivity index (χ1) is 17.4.